The van der Waals surface area contributed by atoms with Gasteiger partial charge in [0.2, 0.25) is 5.91 Å². The molecule has 1 unspecified atom stereocenters. The Kier molecular flexibility index (Phi) is 5.10. The molecule has 0 fully saturated rings. The Bertz CT molecular complexity index is 366. The van der Waals surface area contributed by atoms with Crippen LogP contribution in [0, 0.1) is 0 Å². The van der Waals surface area contributed by atoms with E-state index in [1.165, 1.54) is 0 Å². The molecule has 0 bridgehead atoms. The van der Waals surface area contributed by atoms with Gasteiger partial charge in [0.05, 0.1) is 6.42 Å². The first-order valence-electron chi connectivity index (χ1n) is 5.12. The molecule has 1 amide bonds. The van der Waals surface area contributed by atoms with Crippen molar-refractivity contribution in [3.05, 3.63) is 34.9 Å². The number of carbonyl (C=O) groups excluding carboxylic acids is 1. The van der Waals surface area contributed by atoms with E-state index in [0.717, 1.165) is 5.56 Å². The lowest BCUT2D eigenvalue weighted by molar-refractivity contribution is -0.129. The van der Waals surface area contributed by atoms with Crippen molar-refractivity contribution < 1.29 is 4.79 Å². The van der Waals surface area contributed by atoms with Crippen molar-refractivity contribution in [2.45, 2.75) is 18.7 Å². The molecule has 88 valence electrons. The molecule has 0 saturated carbocycles. The number of alkyl halides is 1. The fraction of sp³-hybridized carbons (Fsp3) is 0.417. The van der Waals surface area contributed by atoms with Gasteiger partial charge in [0, 0.05) is 24.0 Å². The molecule has 0 spiro atoms. The first-order valence-corrected chi connectivity index (χ1v) is 5.93. The first-order chi connectivity index (χ1) is 7.50. The quantitative estimate of drug-likeness (QED) is 0.762. The second-order valence-electron chi connectivity index (χ2n) is 3.82. The fourth-order valence-electron chi connectivity index (χ4n) is 1.42. The van der Waals surface area contributed by atoms with Crippen molar-refractivity contribution in [2.24, 2.45) is 0 Å². The number of carbonyl (C=O) groups is 1. The zero-order valence-electron chi connectivity index (χ0n) is 9.41. The van der Waals surface area contributed by atoms with Crippen LogP contribution in [0.25, 0.3) is 0 Å². The summed E-state index contributed by atoms with van der Waals surface area (Å²) in [5.41, 5.74) is 0.850. The van der Waals surface area contributed by atoms with E-state index in [4.69, 9.17) is 23.2 Å². The largest absolute Gasteiger partial charge is 0.344 e. The van der Waals surface area contributed by atoms with Gasteiger partial charge in [-0.05, 0) is 18.6 Å². The smallest absolute Gasteiger partial charge is 0.226 e. The highest BCUT2D eigenvalue weighted by Gasteiger charge is 2.12. The monoisotopic (exact) mass is 259 g/mol. The molecule has 0 N–H and O–H groups in total. The van der Waals surface area contributed by atoms with E-state index >= 15 is 0 Å². The highest BCUT2D eigenvalue weighted by molar-refractivity contribution is 6.31. The van der Waals surface area contributed by atoms with Gasteiger partial charge in [0.25, 0.3) is 0 Å². The van der Waals surface area contributed by atoms with E-state index in [-0.39, 0.29) is 11.3 Å². The Hall–Kier alpha value is -0.730. The maximum Gasteiger partial charge on any atom is 0.226 e. The van der Waals surface area contributed by atoms with Crippen molar-refractivity contribution >= 4 is 29.1 Å². The van der Waals surface area contributed by atoms with Crippen molar-refractivity contribution in [1.29, 1.82) is 0 Å². The molecular weight excluding hydrogens is 245 g/mol. The molecule has 0 radical (unpaired) electrons. The molecule has 0 heterocycles. The molecule has 2 nitrogen and oxygen atoms in total. The van der Waals surface area contributed by atoms with Gasteiger partial charge in [-0.3, -0.25) is 4.79 Å². The molecule has 0 saturated heterocycles. The van der Waals surface area contributed by atoms with Crippen LogP contribution in [-0.4, -0.2) is 29.8 Å². The topological polar surface area (TPSA) is 20.3 Å². The van der Waals surface area contributed by atoms with E-state index in [2.05, 4.69) is 0 Å². The van der Waals surface area contributed by atoms with Gasteiger partial charge in [-0.2, -0.15) is 0 Å². The Morgan fingerprint density at radius 1 is 1.44 bits per heavy atom. The van der Waals surface area contributed by atoms with E-state index in [0.29, 0.717) is 18.0 Å². The number of hydrogen-bond acceptors (Lipinski definition) is 1. The molecule has 1 atom stereocenters. The second-order valence-corrected chi connectivity index (χ2v) is 4.98. The summed E-state index contributed by atoms with van der Waals surface area (Å²) in [4.78, 5) is 13.4. The summed E-state index contributed by atoms with van der Waals surface area (Å²) in [5, 5.41) is 0.586. The van der Waals surface area contributed by atoms with Crippen LogP contribution in [0.4, 0.5) is 0 Å². The third kappa shape index (κ3) is 4.03. The zero-order valence-corrected chi connectivity index (χ0v) is 10.9. The van der Waals surface area contributed by atoms with E-state index in [1.54, 1.807) is 18.0 Å². The molecule has 0 aliphatic rings. The van der Waals surface area contributed by atoms with Gasteiger partial charge in [0.15, 0.2) is 0 Å². The molecule has 1 aromatic carbocycles. The summed E-state index contributed by atoms with van der Waals surface area (Å²) in [6.07, 6.45) is 0.319. The molecule has 16 heavy (non-hydrogen) atoms. The third-order valence-electron chi connectivity index (χ3n) is 2.25. The molecule has 4 heteroatoms. The number of halogens is 2. The SMILES string of the molecule is CC(Cl)CN(C)C(=O)Cc1ccccc1Cl. The summed E-state index contributed by atoms with van der Waals surface area (Å²) in [7, 11) is 1.75. The highest BCUT2D eigenvalue weighted by atomic mass is 35.5. The van der Waals surface area contributed by atoms with Crippen molar-refractivity contribution in [2.75, 3.05) is 13.6 Å². The van der Waals surface area contributed by atoms with Gasteiger partial charge in [0.1, 0.15) is 0 Å². The molecule has 0 aromatic heterocycles. The molecule has 1 rings (SSSR count). The molecule has 1 aromatic rings. The maximum absolute atomic E-state index is 11.8. The van der Waals surface area contributed by atoms with Crippen LogP contribution in [0.1, 0.15) is 12.5 Å². The summed E-state index contributed by atoms with van der Waals surface area (Å²) in [6.45, 7) is 2.41. The average Bonchev–Trinajstić information content (AvgIpc) is 2.20. The number of benzene rings is 1. The van der Waals surface area contributed by atoms with Crippen molar-refractivity contribution in [1.82, 2.24) is 4.90 Å². The van der Waals surface area contributed by atoms with Crippen LogP contribution in [0.2, 0.25) is 5.02 Å². The third-order valence-corrected chi connectivity index (χ3v) is 2.76. The van der Waals surface area contributed by atoms with Crippen molar-refractivity contribution in [3.63, 3.8) is 0 Å². The average molecular weight is 260 g/mol. The lowest BCUT2D eigenvalue weighted by Crippen LogP contribution is -2.32. The predicted molar refractivity (Wildman–Crippen MR) is 68.1 cm³/mol. The van der Waals surface area contributed by atoms with Gasteiger partial charge >= 0.3 is 0 Å². The van der Waals surface area contributed by atoms with E-state index < -0.39 is 0 Å². The Morgan fingerprint density at radius 2 is 2.06 bits per heavy atom. The predicted octanol–water partition coefficient (Wildman–Crippen LogP) is 2.97. The maximum atomic E-state index is 11.8. The summed E-state index contributed by atoms with van der Waals surface area (Å²) in [6, 6.07) is 7.37. The minimum atomic E-state index is -0.0415. The first kappa shape index (κ1) is 13.3. The Morgan fingerprint density at radius 3 is 2.62 bits per heavy atom. The second kappa shape index (κ2) is 6.12. The van der Waals surface area contributed by atoms with Gasteiger partial charge in [-0.1, -0.05) is 29.8 Å². The molecular formula is C12H15Cl2NO. The van der Waals surface area contributed by atoms with Crippen LogP contribution < -0.4 is 0 Å². The van der Waals surface area contributed by atoms with Crippen LogP contribution in [0.5, 0.6) is 0 Å². The number of likely N-dealkylation sites (N-methyl/N-ethyl adjacent to an activating group) is 1. The van der Waals surface area contributed by atoms with Gasteiger partial charge in [-0.25, -0.2) is 0 Å². The Labute approximate surface area is 106 Å². The van der Waals surface area contributed by atoms with Crippen LogP contribution in [0.15, 0.2) is 24.3 Å². The molecule has 0 aliphatic heterocycles. The Balaban J connectivity index is 2.61. The summed E-state index contributed by atoms with van der Waals surface area (Å²) in [5.74, 6) is 0.0283. The minimum Gasteiger partial charge on any atom is -0.344 e. The highest BCUT2D eigenvalue weighted by Crippen LogP contribution is 2.16. The van der Waals surface area contributed by atoms with Crippen LogP contribution >= 0.6 is 23.2 Å². The van der Waals surface area contributed by atoms with Gasteiger partial charge < -0.3 is 4.90 Å². The fourth-order valence-corrected chi connectivity index (χ4v) is 1.83. The van der Waals surface area contributed by atoms with E-state index in [9.17, 15) is 4.79 Å². The van der Waals surface area contributed by atoms with Gasteiger partial charge in [-0.15, -0.1) is 11.6 Å². The van der Waals surface area contributed by atoms with Crippen LogP contribution in [0.3, 0.4) is 0 Å². The normalized spacial score (nSPS) is 12.2. The van der Waals surface area contributed by atoms with E-state index in [1.807, 2.05) is 25.1 Å². The standard InChI is InChI=1S/C12H15Cl2NO/c1-9(13)8-15(2)12(16)7-10-5-3-4-6-11(10)14/h3-6,9H,7-8H2,1-2H3. The lowest BCUT2D eigenvalue weighted by atomic mass is 10.1. The number of nitrogens with zero attached hydrogens (tertiary/aromatic N) is 1. The zero-order chi connectivity index (χ0) is 12.1. The molecule has 0 aliphatic carbocycles. The summed E-state index contributed by atoms with van der Waals surface area (Å²) < 4.78 is 0. The van der Waals surface area contributed by atoms with Crippen LogP contribution in [-0.2, 0) is 11.2 Å². The lowest BCUT2D eigenvalue weighted by Gasteiger charge is -2.18. The van der Waals surface area contributed by atoms with Crippen molar-refractivity contribution in [3.8, 4) is 0 Å². The number of hydrogen-bond donors (Lipinski definition) is 0. The number of amides is 1. The number of rotatable bonds is 4. The minimum absolute atomic E-state index is 0.0283. The summed E-state index contributed by atoms with van der Waals surface area (Å²) >= 11 is 11.8.